The van der Waals surface area contributed by atoms with Crippen LogP contribution < -0.4 is 10.2 Å². The molecule has 2 fully saturated rings. The molecule has 0 aromatic carbocycles. The second kappa shape index (κ2) is 8.66. The highest BCUT2D eigenvalue weighted by molar-refractivity contribution is 14.0. The molecule has 1 aromatic rings. The van der Waals surface area contributed by atoms with Crippen LogP contribution in [0.15, 0.2) is 10.4 Å². The Labute approximate surface area is 165 Å². The summed E-state index contributed by atoms with van der Waals surface area (Å²) in [4.78, 5) is 13.8. The zero-order valence-electron chi connectivity index (χ0n) is 14.7. The Morgan fingerprint density at radius 2 is 2.33 bits per heavy atom. The maximum Gasteiger partial charge on any atom is 0.194 e. The molecule has 0 saturated carbocycles. The molecule has 3 rings (SSSR count). The number of nitrogens with one attached hydrogen (secondary N) is 1. The van der Waals surface area contributed by atoms with Crippen LogP contribution in [0.25, 0.3) is 0 Å². The lowest BCUT2D eigenvalue weighted by Gasteiger charge is -2.24. The Morgan fingerprint density at radius 3 is 2.96 bits per heavy atom. The molecule has 1 unspecified atom stereocenters. The Kier molecular flexibility index (Phi) is 7.11. The summed E-state index contributed by atoms with van der Waals surface area (Å²) in [6.07, 6.45) is 2.39. The van der Waals surface area contributed by atoms with E-state index in [9.17, 15) is 0 Å². The summed E-state index contributed by atoms with van der Waals surface area (Å²) in [5.41, 5.74) is 1.39. The van der Waals surface area contributed by atoms with Crippen LogP contribution in [0.4, 0.5) is 5.13 Å². The van der Waals surface area contributed by atoms with Crippen molar-refractivity contribution in [3.63, 3.8) is 0 Å². The number of likely N-dealkylation sites (tertiary alicyclic amines) is 1. The minimum atomic E-state index is 0. The number of thiazole rings is 1. The Morgan fingerprint density at radius 1 is 1.50 bits per heavy atom. The molecule has 0 aliphatic carbocycles. The van der Waals surface area contributed by atoms with Gasteiger partial charge in [0.2, 0.25) is 0 Å². The molecule has 136 valence electrons. The fourth-order valence-corrected chi connectivity index (χ4v) is 3.99. The zero-order valence-corrected chi connectivity index (χ0v) is 17.9. The molecule has 2 aliphatic rings. The average molecular weight is 465 g/mol. The van der Waals surface area contributed by atoms with E-state index in [-0.39, 0.29) is 24.0 Å². The first kappa shape index (κ1) is 19.7. The van der Waals surface area contributed by atoms with E-state index in [0.717, 1.165) is 49.6 Å². The standard InChI is InChI=1S/C16H27N5OS.HI/c1-4-17-14(18-9-13-10-23-15(19-13)20(2)3)21-7-5-16(11-21)6-8-22-12-16;/h10H,4-9,11-12H2,1-3H3,(H,17,18);1H. The van der Waals surface area contributed by atoms with Gasteiger partial charge in [-0.25, -0.2) is 9.98 Å². The molecule has 6 nitrogen and oxygen atoms in total. The van der Waals surface area contributed by atoms with Crippen molar-refractivity contribution in [1.82, 2.24) is 15.2 Å². The van der Waals surface area contributed by atoms with Gasteiger partial charge < -0.3 is 19.9 Å². The summed E-state index contributed by atoms with van der Waals surface area (Å²) < 4.78 is 5.62. The summed E-state index contributed by atoms with van der Waals surface area (Å²) in [5, 5.41) is 6.56. The van der Waals surface area contributed by atoms with Crippen molar-refractivity contribution < 1.29 is 4.74 Å². The second-order valence-corrected chi connectivity index (χ2v) is 7.50. The van der Waals surface area contributed by atoms with Crippen molar-refractivity contribution in [3.8, 4) is 0 Å². The van der Waals surface area contributed by atoms with E-state index < -0.39 is 0 Å². The van der Waals surface area contributed by atoms with Gasteiger partial charge in [0.15, 0.2) is 11.1 Å². The molecular formula is C16H28IN5OS. The third kappa shape index (κ3) is 4.51. The third-order valence-corrected chi connectivity index (χ3v) is 5.63. The van der Waals surface area contributed by atoms with Crippen LogP contribution in [0.5, 0.6) is 0 Å². The molecule has 2 aliphatic heterocycles. The smallest absolute Gasteiger partial charge is 0.194 e. The van der Waals surface area contributed by atoms with Gasteiger partial charge in [-0.1, -0.05) is 0 Å². The molecule has 1 aromatic heterocycles. The van der Waals surface area contributed by atoms with Gasteiger partial charge in [-0.3, -0.25) is 0 Å². The molecule has 3 heterocycles. The third-order valence-electron chi connectivity index (χ3n) is 4.57. The van der Waals surface area contributed by atoms with E-state index in [1.807, 2.05) is 19.0 Å². The minimum Gasteiger partial charge on any atom is -0.381 e. The average Bonchev–Trinajstić information content (AvgIpc) is 3.26. The summed E-state index contributed by atoms with van der Waals surface area (Å²) in [7, 11) is 4.03. The van der Waals surface area contributed by atoms with E-state index in [2.05, 4.69) is 27.5 Å². The number of ether oxygens (including phenoxy) is 1. The van der Waals surface area contributed by atoms with Crippen LogP contribution in [0.3, 0.4) is 0 Å². The monoisotopic (exact) mass is 465 g/mol. The fourth-order valence-electron chi connectivity index (χ4n) is 3.24. The predicted molar refractivity (Wildman–Crippen MR) is 111 cm³/mol. The SMILES string of the molecule is CCNC(=NCc1csc(N(C)C)n1)N1CCC2(CCOC2)C1.I. The van der Waals surface area contributed by atoms with Crippen LogP contribution >= 0.6 is 35.3 Å². The van der Waals surface area contributed by atoms with Crippen molar-refractivity contribution in [2.45, 2.75) is 26.3 Å². The maximum atomic E-state index is 5.62. The number of hydrogen-bond donors (Lipinski definition) is 1. The quantitative estimate of drug-likeness (QED) is 0.421. The van der Waals surface area contributed by atoms with Gasteiger partial charge in [0.25, 0.3) is 0 Å². The summed E-state index contributed by atoms with van der Waals surface area (Å²) in [6, 6.07) is 0. The van der Waals surface area contributed by atoms with Crippen LogP contribution in [-0.4, -0.2) is 62.8 Å². The lowest BCUT2D eigenvalue weighted by Crippen LogP contribution is -2.41. The zero-order chi connectivity index (χ0) is 16.3. The van der Waals surface area contributed by atoms with Crippen molar-refractivity contribution in [2.24, 2.45) is 10.4 Å². The van der Waals surface area contributed by atoms with Crippen LogP contribution in [-0.2, 0) is 11.3 Å². The minimum absolute atomic E-state index is 0. The molecule has 24 heavy (non-hydrogen) atoms. The number of guanidine groups is 1. The number of halogens is 1. The molecule has 0 amide bonds. The number of anilines is 1. The number of aliphatic imine (C=N–C) groups is 1. The van der Waals surface area contributed by atoms with E-state index >= 15 is 0 Å². The highest BCUT2D eigenvalue weighted by Crippen LogP contribution is 2.38. The molecule has 2 saturated heterocycles. The van der Waals surface area contributed by atoms with E-state index in [1.165, 1.54) is 12.8 Å². The Balaban J connectivity index is 0.00000208. The highest BCUT2D eigenvalue weighted by Gasteiger charge is 2.42. The molecule has 1 N–H and O–H groups in total. The van der Waals surface area contributed by atoms with Gasteiger partial charge in [-0.05, 0) is 19.8 Å². The van der Waals surface area contributed by atoms with Crippen molar-refractivity contribution in [1.29, 1.82) is 0 Å². The summed E-state index contributed by atoms with van der Waals surface area (Å²) in [6.45, 7) is 7.57. The highest BCUT2D eigenvalue weighted by atomic mass is 127. The number of hydrogen-bond acceptors (Lipinski definition) is 5. The summed E-state index contributed by atoms with van der Waals surface area (Å²) in [5.74, 6) is 1.01. The molecule has 1 atom stereocenters. The number of rotatable bonds is 4. The molecule has 8 heteroatoms. The van der Waals surface area contributed by atoms with Gasteiger partial charge in [0.05, 0.1) is 18.8 Å². The number of nitrogens with zero attached hydrogens (tertiary/aromatic N) is 4. The first-order chi connectivity index (χ1) is 11.1. The molecule has 1 spiro atoms. The Hall–Kier alpha value is -0.610. The van der Waals surface area contributed by atoms with Crippen molar-refractivity contribution in [2.75, 3.05) is 51.8 Å². The van der Waals surface area contributed by atoms with Crippen LogP contribution in [0.2, 0.25) is 0 Å². The lowest BCUT2D eigenvalue weighted by atomic mass is 9.87. The van der Waals surface area contributed by atoms with Crippen LogP contribution in [0, 0.1) is 5.41 Å². The van der Waals surface area contributed by atoms with Crippen LogP contribution in [0.1, 0.15) is 25.5 Å². The fraction of sp³-hybridized carbons (Fsp3) is 0.750. The largest absolute Gasteiger partial charge is 0.381 e. The molecular weight excluding hydrogens is 437 g/mol. The summed E-state index contributed by atoms with van der Waals surface area (Å²) >= 11 is 1.67. The van der Waals surface area contributed by atoms with Gasteiger partial charge in [-0.15, -0.1) is 35.3 Å². The van der Waals surface area contributed by atoms with Gasteiger partial charge in [-0.2, -0.15) is 0 Å². The van der Waals surface area contributed by atoms with Crippen molar-refractivity contribution in [3.05, 3.63) is 11.1 Å². The number of aromatic nitrogens is 1. The second-order valence-electron chi connectivity index (χ2n) is 6.66. The molecule has 0 bridgehead atoms. The van der Waals surface area contributed by atoms with E-state index in [0.29, 0.717) is 12.0 Å². The van der Waals surface area contributed by atoms with Gasteiger partial charge in [0, 0.05) is 51.1 Å². The molecule has 0 radical (unpaired) electrons. The van der Waals surface area contributed by atoms with E-state index in [1.54, 1.807) is 11.3 Å². The topological polar surface area (TPSA) is 53.0 Å². The lowest BCUT2D eigenvalue weighted by molar-refractivity contribution is 0.156. The maximum absolute atomic E-state index is 5.62. The Bertz CT molecular complexity index is 556. The normalized spacial score (nSPS) is 23.6. The van der Waals surface area contributed by atoms with E-state index in [4.69, 9.17) is 9.73 Å². The van der Waals surface area contributed by atoms with Gasteiger partial charge in [0.1, 0.15) is 0 Å². The first-order valence-electron chi connectivity index (χ1n) is 8.35. The predicted octanol–water partition coefficient (Wildman–Crippen LogP) is 2.41. The van der Waals surface area contributed by atoms with Crippen molar-refractivity contribution >= 4 is 46.4 Å². The van der Waals surface area contributed by atoms with Gasteiger partial charge >= 0.3 is 0 Å². The first-order valence-corrected chi connectivity index (χ1v) is 9.23.